The predicted octanol–water partition coefficient (Wildman–Crippen LogP) is 0.788. The molecule has 0 aromatic rings. The summed E-state index contributed by atoms with van der Waals surface area (Å²) < 4.78 is 21.4. The van der Waals surface area contributed by atoms with Crippen LogP contribution in [-0.4, -0.2) is 14.2 Å². The second-order valence-corrected chi connectivity index (χ2v) is 7.49. The summed E-state index contributed by atoms with van der Waals surface area (Å²) in [6, 6.07) is 0. The Hall–Kier alpha value is 1.30. The zero-order valence-corrected chi connectivity index (χ0v) is 15.0. The Morgan fingerprint density at radius 1 is 0.765 bits per heavy atom. The van der Waals surface area contributed by atoms with Crippen LogP contribution in [0.15, 0.2) is 0 Å². The molecule has 0 aliphatic heterocycles. The van der Waals surface area contributed by atoms with Crippen molar-refractivity contribution in [2.75, 3.05) is 5.75 Å². The molecule has 0 saturated heterocycles. The number of hydrogen-bond donors (Lipinski definition) is 0. The molecule has 0 radical (unpaired) electrons. The number of rotatable bonds is 11. The number of hydrogen-bond acceptors (Lipinski definition) is 3. The summed E-state index contributed by atoms with van der Waals surface area (Å²) in [4.78, 5) is 0. The fourth-order valence-electron chi connectivity index (χ4n) is 1.77. The van der Waals surface area contributed by atoms with Crippen LogP contribution in [0.5, 0.6) is 0 Å². The molecule has 17 heavy (non-hydrogen) atoms. The van der Waals surface area contributed by atoms with Crippen molar-refractivity contribution in [1.82, 2.24) is 0 Å². The van der Waals surface area contributed by atoms with Gasteiger partial charge >= 0.3 is 29.6 Å². The van der Waals surface area contributed by atoms with Gasteiger partial charge in [-0.15, -0.1) is 0 Å². The average Bonchev–Trinajstić information content (AvgIpc) is 2.19. The van der Waals surface area contributed by atoms with Crippen molar-refractivity contribution in [3.05, 3.63) is 0 Å². The van der Waals surface area contributed by atoms with Crippen LogP contribution in [0.3, 0.4) is 0 Å². The normalized spacial score (nSPS) is 11.2. The minimum absolute atomic E-state index is 0. The molecule has 0 aliphatic carbocycles. The Balaban J connectivity index is 0. The molecule has 98 valence electrons. The van der Waals surface area contributed by atoms with Gasteiger partial charge in [0.1, 0.15) is 0 Å². The smallest absolute Gasteiger partial charge is 0.649 e. The van der Waals surface area contributed by atoms with E-state index in [0.29, 0.717) is 0 Å². The molecule has 0 atom stereocenters. The summed E-state index contributed by atoms with van der Waals surface area (Å²) in [7, 11) is -3.15. The van der Waals surface area contributed by atoms with Crippen LogP contribution in [-0.2, 0) is 20.5 Å². The van der Waals surface area contributed by atoms with Gasteiger partial charge in [0.25, 0.3) is 0 Å². The molecule has 0 rings (SSSR count). The summed E-state index contributed by atoms with van der Waals surface area (Å²) in [5, 5.41) is 0. The Morgan fingerprint density at radius 2 is 1.12 bits per heavy atom. The van der Waals surface area contributed by atoms with Crippen molar-refractivity contribution < 1.29 is 38.0 Å². The van der Waals surface area contributed by atoms with Gasteiger partial charge in [-0.2, -0.15) is 0 Å². The quantitative estimate of drug-likeness (QED) is 0.244. The molecule has 0 saturated carbocycles. The van der Waals surface area contributed by atoms with Crippen LogP contribution in [0, 0.1) is 0 Å². The van der Waals surface area contributed by atoms with Crippen molar-refractivity contribution >= 4 is 20.5 Å². The molecule has 0 aromatic heterocycles. The van der Waals surface area contributed by atoms with Crippen LogP contribution in [0.25, 0.3) is 0 Å². The zero-order chi connectivity index (χ0) is 12.3. The third-order valence-corrected chi connectivity index (χ3v) is 4.04. The maximum Gasteiger partial charge on any atom is 1.00 e. The molecule has 5 heteroatoms. The molecule has 0 aliphatic rings. The molecule has 0 bridgehead atoms. The Bertz CT molecular complexity index is 241. The van der Waals surface area contributed by atoms with Gasteiger partial charge in [-0.05, 0) is 6.42 Å². The zero-order valence-electron chi connectivity index (χ0n) is 11.4. The first-order valence-electron chi connectivity index (χ1n) is 6.50. The van der Waals surface area contributed by atoms with Crippen LogP contribution in [0.1, 0.15) is 71.1 Å². The van der Waals surface area contributed by atoms with E-state index in [9.17, 15) is 8.42 Å². The predicted molar refractivity (Wildman–Crippen MR) is 73.0 cm³/mol. The van der Waals surface area contributed by atoms with Crippen LogP contribution >= 0.6 is 0 Å². The molecule has 0 spiro atoms. The van der Waals surface area contributed by atoms with E-state index in [4.69, 9.17) is 0 Å². The second kappa shape index (κ2) is 13.7. The van der Waals surface area contributed by atoms with E-state index >= 15 is 0 Å². The first kappa shape index (κ1) is 20.6. The fraction of sp³-hybridized carbons (Fsp3) is 1.00. The van der Waals surface area contributed by atoms with E-state index in [1.807, 2.05) is 0 Å². The summed E-state index contributed by atoms with van der Waals surface area (Å²) >= 11 is 4.32. The van der Waals surface area contributed by atoms with Crippen LogP contribution in [0.4, 0.5) is 0 Å². The van der Waals surface area contributed by atoms with Gasteiger partial charge < -0.3 is 11.7 Å². The molecule has 0 heterocycles. The molecule has 0 fully saturated rings. The molecule has 2 nitrogen and oxygen atoms in total. The summed E-state index contributed by atoms with van der Waals surface area (Å²) in [6.07, 6.45) is 12.1. The fourth-order valence-corrected chi connectivity index (χ4v) is 2.68. The first-order chi connectivity index (χ1) is 7.56. The van der Waals surface area contributed by atoms with Crippen molar-refractivity contribution in [2.45, 2.75) is 71.1 Å². The first-order valence-corrected chi connectivity index (χ1v) is 9.07. The van der Waals surface area contributed by atoms with Gasteiger partial charge in [-0.1, -0.05) is 64.7 Å². The van der Waals surface area contributed by atoms with Crippen molar-refractivity contribution in [3.63, 3.8) is 0 Å². The van der Waals surface area contributed by atoms with E-state index < -0.39 is 8.87 Å². The van der Waals surface area contributed by atoms with Crippen molar-refractivity contribution in [3.8, 4) is 0 Å². The maximum atomic E-state index is 10.7. The van der Waals surface area contributed by atoms with Gasteiger partial charge in [0, 0.05) is 14.6 Å². The van der Waals surface area contributed by atoms with Gasteiger partial charge in [0.05, 0.1) is 0 Å². The third-order valence-electron chi connectivity index (χ3n) is 2.75. The average molecular weight is 288 g/mol. The molecular formula is C12H25NaO2S2. The van der Waals surface area contributed by atoms with E-state index in [2.05, 4.69) is 18.6 Å². The summed E-state index contributed by atoms with van der Waals surface area (Å²) in [5.74, 6) is 0.179. The minimum Gasteiger partial charge on any atom is -0.649 e. The van der Waals surface area contributed by atoms with Crippen LogP contribution < -0.4 is 29.6 Å². The maximum absolute atomic E-state index is 10.7. The molecule has 0 unspecified atom stereocenters. The van der Waals surface area contributed by atoms with Gasteiger partial charge in [0.15, 0.2) is 0 Å². The molecule has 0 amide bonds. The molecular weight excluding hydrogens is 263 g/mol. The van der Waals surface area contributed by atoms with E-state index in [0.717, 1.165) is 19.3 Å². The Morgan fingerprint density at radius 3 is 1.47 bits per heavy atom. The van der Waals surface area contributed by atoms with Crippen LogP contribution in [0.2, 0.25) is 0 Å². The van der Waals surface area contributed by atoms with Gasteiger partial charge in [0.2, 0.25) is 0 Å². The minimum atomic E-state index is -3.15. The summed E-state index contributed by atoms with van der Waals surface area (Å²) in [5.41, 5.74) is 0. The van der Waals surface area contributed by atoms with E-state index in [1.165, 1.54) is 44.9 Å². The molecule has 0 N–H and O–H groups in total. The van der Waals surface area contributed by atoms with Crippen molar-refractivity contribution in [2.24, 2.45) is 0 Å². The molecule has 0 aromatic carbocycles. The third kappa shape index (κ3) is 19.8. The summed E-state index contributed by atoms with van der Waals surface area (Å²) in [6.45, 7) is 2.23. The standard InChI is InChI=1S/C12H26O2S2.Na/c1-2-3-4-5-6-7-8-9-10-11-12-16(13,14)15;/h2-12H2,1H3,(H,13,14,15);/q;+1/p-1. The van der Waals surface area contributed by atoms with Crippen molar-refractivity contribution in [1.29, 1.82) is 0 Å². The SMILES string of the molecule is CCCCCCCCCCCCS(=O)(=O)[S-].[Na+]. The monoisotopic (exact) mass is 288 g/mol. The Labute approximate surface area is 134 Å². The Kier molecular flexibility index (Phi) is 16.6. The van der Waals surface area contributed by atoms with Gasteiger partial charge in [-0.3, -0.25) is 8.42 Å². The van der Waals surface area contributed by atoms with E-state index in [-0.39, 0.29) is 35.3 Å². The van der Waals surface area contributed by atoms with E-state index in [1.54, 1.807) is 0 Å². The largest absolute Gasteiger partial charge is 1.00 e. The topological polar surface area (TPSA) is 34.1 Å². The number of unbranched alkanes of at least 4 members (excludes halogenated alkanes) is 9. The van der Waals surface area contributed by atoms with Gasteiger partial charge in [-0.25, -0.2) is 0 Å². The second-order valence-electron chi connectivity index (χ2n) is 4.44.